The first kappa shape index (κ1) is 15.3. The Morgan fingerprint density at radius 1 is 1.19 bits per heavy atom. The number of anilines is 1. The molecule has 0 bridgehead atoms. The Labute approximate surface area is 130 Å². The highest BCUT2D eigenvalue weighted by atomic mass is 35.5. The van der Waals surface area contributed by atoms with Gasteiger partial charge in [-0.3, -0.25) is 9.78 Å². The zero-order chi connectivity index (χ0) is 15.4. The van der Waals surface area contributed by atoms with Gasteiger partial charge in [0, 0.05) is 17.4 Å². The number of pyridine rings is 1. The molecular weight excluding hydrogens is 315 g/mol. The van der Waals surface area contributed by atoms with E-state index in [1.807, 2.05) is 0 Å². The third-order valence-corrected chi connectivity index (χ3v) is 3.21. The number of ether oxygens (including phenoxy) is 1. The molecule has 0 fully saturated rings. The maximum atomic E-state index is 12.2. The maximum absolute atomic E-state index is 12.2. The standard InChI is InChI=1S/C14H10Cl2N2O3/c1-21-14(20)9-3-2-8(15)6-12(9)18-13(19)10-7-17-5-4-11(10)16/h2-7H,1H3,(H,18,19). The molecule has 1 amide bonds. The number of amides is 1. The fourth-order valence-corrected chi connectivity index (χ4v) is 2.01. The van der Waals surface area contributed by atoms with Crippen molar-refractivity contribution in [2.45, 2.75) is 0 Å². The minimum Gasteiger partial charge on any atom is -0.465 e. The highest BCUT2D eigenvalue weighted by Gasteiger charge is 2.17. The van der Waals surface area contributed by atoms with Gasteiger partial charge in [-0.1, -0.05) is 23.2 Å². The molecule has 1 heterocycles. The van der Waals surface area contributed by atoms with Crippen LogP contribution < -0.4 is 5.32 Å². The number of nitrogens with one attached hydrogen (secondary N) is 1. The average molecular weight is 325 g/mol. The first-order chi connectivity index (χ1) is 10.0. The number of rotatable bonds is 3. The summed E-state index contributed by atoms with van der Waals surface area (Å²) < 4.78 is 4.66. The number of hydrogen-bond donors (Lipinski definition) is 1. The van der Waals surface area contributed by atoms with Gasteiger partial charge in [0.05, 0.1) is 28.9 Å². The van der Waals surface area contributed by atoms with E-state index in [0.717, 1.165) is 0 Å². The monoisotopic (exact) mass is 324 g/mol. The fourth-order valence-electron chi connectivity index (χ4n) is 1.64. The summed E-state index contributed by atoms with van der Waals surface area (Å²) in [5.74, 6) is -1.08. The summed E-state index contributed by atoms with van der Waals surface area (Å²) in [6.07, 6.45) is 2.80. The van der Waals surface area contributed by atoms with Crippen LogP contribution >= 0.6 is 23.2 Å². The van der Waals surface area contributed by atoms with Crippen molar-refractivity contribution in [3.05, 3.63) is 57.8 Å². The molecule has 2 aromatic rings. The number of carbonyl (C=O) groups excluding carboxylic acids is 2. The molecule has 0 saturated heterocycles. The molecule has 0 spiro atoms. The summed E-state index contributed by atoms with van der Waals surface area (Å²) in [7, 11) is 1.25. The number of hydrogen-bond acceptors (Lipinski definition) is 4. The van der Waals surface area contributed by atoms with Crippen molar-refractivity contribution in [2.75, 3.05) is 12.4 Å². The Kier molecular flexibility index (Phi) is 4.77. The van der Waals surface area contributed by atoms with E-state index in [0.29, 0.717) is 5.02 Å². The lowest BCUT2D eigenvalue weighted by Crippen LogP contribution is -2.16. The third kappa shape index (κ3) is 3.51. The zero-order valence-corrected chi connectivity index (χ0v) is 12.4. The Morgan fingerprint density at radius 2 is 1.95 bits per heavy atom. The molecule has 1 aromatic carbocycles. The average Bonchev–Trinajstić information content (AvgIpc) is 2.47. The van der Waals surface area contributed by atoms with E-state index in [9.17, 15) is 9.59 Å². The lowest BCUT2D eigenvalue weighted by Gasteiger charge is -2.10. The van der Waals surface area contributed by atoms with Gasteiger partial charge in [-0.05, 0) is 24.3 Å². The van der Waals surface area contributed by atoms with Crippen LogP contribution in [0.25, 0.3) is 0 Å². The predicted octanol–water partition coefficient (Wildman–Crippen LogP) is 3.43. The van der Waals surface area contributed by atoms with Crippen molar-refractivity contribution in [3.8, 4) is 0 Å². The summed E-state index contributed by atoms with van der Waals surface area (Å²) in [6, 6.07) is 5.95. The van der Waals surface area contributed by atoms with Gasteiger partial charge in [0.1, 0.15) is 0 Å². The molecule has 1 aromatic heterocycles. The SMILES string of the molecule is COC(=O)c1ccc(Cl)cc1NC(=O)c1cnccc1Cl. The molecule has 0 aliphatic rings. The van der Waals surface area contributed by atoms with Crippen LogP contribution in [0.15, 0.2) is 36.7 Å². The number of methoxy groups -OCH3 is 1. The Hall–Kier alpha value is -2.11. The summed E-state index contributed by atoms with van der Waals surface area (Å²) in [4.78, 5) is 27.7. The molecule has 5 nitrogen and oxygen atoms in total. The molecule has 21 heavy (non-hydrogen) atoms. The first-order valence-electron chi connectivity index (χ1n) is 5.81. The summed E-state index contributed by atoms with van der Waals surface area (Å²) >= 11 is 11.8. The highest BCUT2D eigenvalue weighted by Crippen LogP contribution is 2.23. The Bertz CT molecular complexity index is 704. The van der Waals surface area contributed by atoms with Crippen LogP contribution in [0.5, 0.6) is 0 Å². The van der Waals surface area contributed by atoms with Crippen molar-refractivity contribution in [3.63, 3.8) is 0 Å². The molecule has 0 aliphatic carbocycles. The van der Waals surface area contributed by atoms with E-state index < -0.39 is 11.9 Å². The zero-order valence-electron chi connectivity index (χ0n) is 10.9. The van der Waals surface area contributed by atoms with Crippen LogP contribution in [0.4, 0.5) is 5.69 Å². The number of benzene rings is 1. The topological polar surface area (TPSA) is 68.3 Å². The fraction of sp³-hybridized carbons (Fsp3) is 0.0714. The van der Waals surface area contributed by atoms with Crippen LogP contribution in [0, 0.1) is 0 Å². The molecule has 0 atom stereocenters. The van der Waals surface area contributed by atoms with Crippen LogP contribution in [-0.4, -0.2) is 24.0 Å². The normalized spacial score (nSPS) is 10.0. The molecular formula is C14H10Cl2N2O3. The predicted molar refractivity (Wildman–Crippen MR) is 80.0 cm³/mol. The quantitative estimate of drug-likeness (QED) is 0.878. The molecule has 0 saturated carbocycles. The molecule has 108 valence electrons. The number of carbonyl (C=O) groups is 2. The minimum atomic E-state index is -0.584. The largest absolute Gasteiger partial charge is 0.465 e. The maximum Gasteiger partial charge on any atom is 0.339 e. The van der Waals surface area contributed by atoms with E-state index in [4.69, 9.17) is 23.2 Å². The van der Waals surface area contributed by atoms with E-state index in [1.54, 1.807) is 0 Å². The molecule has 0 unspecified atom stereocenters. The third-order valence-electron chi connectivity index (χ3n) is 2.65. The van der Waals surface area contributed by atoms with Crippen molar-refractivity contribution in [1.29, 1.82) is 0 Å². The Morgan fingerprint density at radius 3 is 2.62 bits per heavy atom. The molecule has 0 aliphatic heterocycles. The van der Waals surface area contributed by atoms with Gasteiger partial charge in [-0.25, -0.2) is 4.79 Å². The Balaban J connectivity index is 2.35. The summed E-state index contributed by atoms with van der Waals surface area (Å²) in [5, 5.41) is 3.20. The van der Waals surface area contributed by atoms with E-state index >= 15 is 0 Å². The smallest absolute Gasteiger partial charge is 0.339 e. The first-order valence-corrected chi connectivity index (χ1v) is 6.57. The number of esters is 1. The van der Waals surface area contributed by atoms with Gasteiger partial charge in [0.15, 0.2) is 0 Å². The van der Waals surface area contributed by atoms with Gasteiger partial charge >= 0.3 is 5.97 Å². The van der Waals surface area contributed by atoms with Crippen molar-refractivity contribution in [1.82, 2.24) is 4.98 Å². The second-order valence-electron chi connectivity index (χ2n) is 3.99. The lowest BCUT2D eigenvalue weighted by molar-refractivity contribution is 0.0602. The van der Waals surface area contributed by atoms with Gasteiger partial charge in [-0.15, -0.1) is 0 Å². The second-order valence-corrected chi connectivity index (χ2v) is 4.83. The molecule has 2 rings (SSSR count). The van der Waals surface area contributed by atoms with E-state index in [1.165, 1.54) is 43.8 Å². The minimum absolute atomic E-state index is 0.190. The van der Waals surface area contributed by atoms with Crippen LogP contribution in [-0.2, 0) is 4.74 Å². The van der Waals surface area contributed by atoms with Gasteiger partial charge in [0.25, 0.3) is 5.91 Å². The molecule has 1 N–H and O–H groups in total. The van der Waals surface area contributed by atoms with Crippen molar-refractivity contribution < 1.29 is 14.3 Å². The van der Waals surface area contributed by atoms with Crippen LogP contribution in [0.3, 0.4) is 0 Å². The van der Waals surface area contributed by atoms with Crippen LogP contribution in [0.2, 0.25) is 10.0 Å². The van der Waals surface area contributed by atoms with E-state index in [-0.39, 0.29) is 21.8 Å². The summed E-state index contributed by atoms with van der Waals surface area (Å²) in [6.45, 7) is 0. The van der Waals surface area contributed by atoms with E-state index in [2.05, 4.69) is 15.0 Å². The second kappa shape index (κ2) is 6.56. The summed E-state index contributed by atoms with van der Waals surface area (Å²) in [5.41, 5.74) is 0.615. The number of nitrogens with zero attached hydrogens (tertiary/aromatic N) is 1. The lowest BCUT2D eigenvalue weighted by atomic mass is 10.1. The number of halogens is 2. The molecule has 7 heteroatoms. The molecule has 0 radical (unpaired) electrons. The number of aromatic nitrogens is 1. The van der Waals surface area contributed by atoms with Gasteiger partial charge in [0.2, 0.25) is 0 Å². The van der Waals surface area contributed by atoms with Gasteiger partial charge in [-0.2, -0.15) is 0 Å². The van der Waals surface area contributed by atoms with Crippen molar-refractivity contribution >= 4 is 40.8 Å². The van der Waals surface area contributed by atoms with Gasteiger partial charge < -0.3 is 10.1 Å². The van der Waals surface area contributed by atoms with Crippen molar-refractivity contribution in [2.24, 2.45) is 0 Å². The van der Waals surface area contributed by atoms with Crippen LogP contribution in [0.1, 0.15) is 20.7 Å². The highest BCUT2D eigenvalue weighted by molar-refractivity contribution is 6.34.